The summed E-state index contributed by atoms with van der Waals surface area (Å²) in [5, 5.41) is 3.28. The van der Waals surface area contributed by atoms with Gasteiger partial charge in [-0.3, -0.25) is 4.57 Å². The molecular weight excluding hydrogens is 220 g/mol. The van der Waals surface area contributed by atoms with Crippen molar-refractivity contribution in [3.63, 3.8) is 0 Å². The molecule has 2 aromatic heterocycles. The molecule has 1 aliphatic rings. The second kappa shape index (κ2) is 3.89. The maximum Gasteiger partial charge on any atom is 0.419 e. The van der Waals surface area contributed by atoms with Gasteiger partial charge in [0.25, 0.3) is 0 Å². The van der Waals surface area contributed by atoms with Gasteiger partial charge in [-0.2, -0.15) is 0 Å². The van der Waals surface area contributed by atoms with Gasteiger partial charge in [-0.1, -0.05) is 0 Å². The number of fused-ring (bicyclic) bond motifs is 1. The van der Waals surface area contributed by atoms with Crippen LogP contribution in [0.3, 0.4) is 0 Å². The third kappa shape index (κ3) is 1.61. The van der Waals surface area contributed by atoms with Gasteiger partial charge >= 0.3 is 5.76 Å². The van der Waals surface area contributed by atoms with E-state index in [1.54, 1.807) is 19.3 Å². The van der Waals surface area contributed by atoms with Crippen molar-refractivity contribution in [2.75, 3.05) is 31.1 Å². The molecule has 0 spiro atoms. The van der Waals surface area contributed by atoms with Crippen LogP contribution in [-0.4, -0.2) is 35.7 Å². The number of aromatic nitrogens is 2. The van der Waals surface area contributed by atoms with E-state index in [1.165, 1.54) is 4.57 Å². The predicted molar refractivity (Wildman–Crippen MR) is 64.3 cm³/mol. The van der Waals surface area contributed by atoms with Crippen LogP contribution >= 0.6 is 0 Å². The van der Waals surface area contributed by atoms with Crippen LogP contribution in [0.5, 0.6) is 0 Å². The van der Waals surface area contributed by atoms with Gasteiger partial charge in [0.1, 0.15) is 0 Å². The lowest BCUT2D eigenvalue weighted by molar-refractivity contribution is 0.523. The quantitative estimate of drug-likeness (QED) is 0.748. The number of anilines is 1. The van der Waals surface area contributed by atoms with E-state index in [-0.39, 0.29) is 5.76 Å². The summed E-state index contributed by atoms with van der Waals surface area (Å²) in [6, 6.07) is 1.80. The summed E-state index contributed by atoms with van der Waals surface area (Å²) >= 11 is 0. The number of hydrogen-bond acceptors (Lipinski definition) is 5. The van der Waals surface area contributed by atoms with Crippen molar-refractivity contribution in [2.45, 2.75) is 0 Å². The molecule has 1 saturated heterocycles. The fourth-order valence-corrected chi connectivity index (χ4v) is 2.15. The topological polar surface area (TPSA) is 63.3 Å². The van der Waals surface area contributed by atoms with E-state index >= 15 is 0 Å². The third-order valence-electron chi connectivity index (χ3n) is 3.11. The number of pyridine rings is 1. The normalized spacial score (nSPS) is 16.6. The minimum Gasteiger partial charge on any atom is -0.404 e. The molecule has 0 radical (unpaired) electrons. The minimum atomic E-state index is -0.343. The van der Waals surface area contributed by atoms with Crippen molar-refractivity contribution in [3.8, 4) is 0 Å². The molecule has 1 aliphatic heterocycles. The lowest BCUT2D eigenvalue weighted by Gasteiger charge is -2.28. The molecule has 1 fully saturated rings. The zero-order valence-corrected chi connectivity index (χ0v) is 9.64. The third-order valence-corrected chi connectivity index (χ3v) is 3.11. The van der Waals surface area contributed by atoms with Gasteiger partial charge in [-0.15, -0.1) is 0 Å². The smallest absolute Gasteiger partial charge is 0.404 e. The summed E-state index contributed by atoms with van der Waals surface area (Å²) in [4.78, 5) is 18.0. The van der Waals surface area contributed by atoms with E-state index < -0.39 is 0 Å². The molecule has 0 atom stereocenters. The number of nitrogens with one attached hydrogen (secondary N) is 1. The van der Waals surface area contributed by atoms with E-state index in [1.807, 2.05) is 0 Å². The van der Waals surface area contributed by atoms with Gasteiger partial charge in [-0.25, -0.2) is 9.78 Å². The van der Waals surface area contributed by atoms with Crippen LogP contribution < -0.4 is 16.0 Å². The van der Waals surface area contributed by atoms with E-state index in [2.05, 4.69) is 15.2 Å². The van der Waals surface area contributed by atoms with Gasteiger partial charge in [0.15, 0.2) is 11.4 Å². The van der Waals surface area contributed by atoms with E-state index in [9.17, 15) is 4.79 Å². The van der Waals surface area contributed by atoms with Crippen molar-refractivity contribution >= 4 is 16.9 Å². The highest BCUT2D eigenvalue weighted by Crippen LogP contribution is 2.23. The first-order valence-electron chi connectivity index (χ1n) is 5.67. The van der Waals surface area contributed by atoms with Crippen LogP contribution in [0.2, 0.25) is 0 Å². The first-order chi connectivity index (χ1) is 8.27. The summed E-state index contributed by atoms with van der Waals surface area (Å²) < 4.78 is 6.77. The second-order valence-electron chi connectivity index (χ2n) is 4.15. The molecule has 6 heteroatoms. The molecule has 0 aromatic carbocycles. The molecule has 1 N–H and O–H groups in total. The van der Waals surface area contributed by atoms with Crippen molar-refractivity contribution < 1.29 is 4.42 Å². The minimum absolute atomic E-state index is 0.343. The second-order valence-corrected chi connectivity index (χ2v) is 4.15. The average molecular weight is 234 g/mol. The van der Waals surface area contributed by atoms with E-state index in [0.29, 0.717) is 5.58 Å². The molecule has 2 aromatic rings. The molecule has 0 unspecified atom stereocenters. The highest BCUT2D eigenvalue weighted by Gasteiger charge is 2.18. The first kappa shape index (κ1) is 10.3. The Balaban J connectivity index is 2.15. The van der Waals surface area contributed by atoms with Crippen LogP contribution in [0, 0.1) is 0 Å². The summed E-state index contributed by atoms with van der Waals surface area (Å²) in [6.07, 6.45) is 1.72. The Morgan fingerprint density at radius 1 is 1.41 bits per heavy atom. The number of piperazine rings is 1. The average Bonchev–Trinajstić information content (AvgIpc) is 2.67. The van der Waals surface area contributed by atoms with Gasteiger partial charge in [0.05, 0.1) is 5.52 Å². The monoisotopic (exact) mass is 234 g/mol. The standard InChI is InChI=1S/C11H14N4O2/c1-14-8-2-3-13-10(9(8)17-11(14)16)15-6-4-12-5-7-15/h2-3,12H,4-7H2,1H3. The SMILES string of the molecule is Cn1c(=O)oc2c(N3CCNCC3)nccc21. The molecule has 6 nitrogen and oxygen atoms in total. The fourth-order valence-electron chi connectivity index (χ4n) is 2.15. The van der Waals surface area contributed by atoms with Gasteiger partial charge < -0.3 is 14.6 Å². The lowest BCUT2D eigenvalue weighted by Crippen LogP contribution is -2.43. The highest BCUT2D eigenvalue weighted by atomic mass is 16.4. The zero-order chi connectivity index (χ0) is 11.8. The van der Waals surface area contributed by atoms with Crippen LogP contribution in [0.4, 0.5) is 5.82 Å². The largest absolute Gasteiger partial charge is 0.419 e. The molecule has 3 rings (SSSR count). The van der Waals surface area contributed by atoms with Crippen molar-refractivity contribution in [3.05, 3.63) is 22.8 Å². The molecule has 0 aliphatic carbocycles. The summed E-state index contributed by atoms with van der Waals surface area (Å²) in [6.45, 7) is 3.61. The van der Waals surface area contributed by atoms with Crippen LogP contribution in [0.1, 0.15) is 0 Å². The van der Waals surface area contributed by atoms with Crippen molar-refractivity contribution in [1.82, 2.24) is 14.9 Å². The van der Waals surface area contributed by atoms with Crippen molar-refractivity contribution in [2.24, 2.45) is 7.05 Å². The number of hydrogen-bond donors (Lipinski definition) is 1. The number of oxazole rings is 1. The summed E-state index contributed by atoms with van der Waals surface area (Å²) in [7, 11) is 1.70. The Kier molecular flexibility index (Phi) is 2.36. The maximum atomic E-state index is 11.5. The molecular formula is C11H14N4O2. The molecule has 0 bridgehead atoms. The maximum absolute atomic E-state index is 11.5. The Morgan fingerprint density at radius 2 is 2.18 bits per heavy atom. The first-order valence-corrected chi connectivity index (χ1v) is 5.67. The van der Waals surface area contributed by atoms with Gasteiger partial charge in [-0.05, 0) is 6.07 Å². The van der Waals surface area contributed by atoms with Crippen LogP contribution in [0.25, 0.3) is 11.1 Å². The number of nitrogens with zero attached hydrogens (tertiary/aromatic N) is 3. The molecule has 0 amide bonds. The highest BCUT2D eigenvalue weighted by molar-refractivity contribution is 5.84. The lowest BCUT2D eigenvalue weighted by atomic mass is 10.3. The van der Waals surface area contributed by atoms with Gasteiger partial charge in [0, 0.05) is 39.4 Å². The summed E-state index contributed by atoms with van der Waals surface area (Å²) in [5.74, 6) is 0.422. The Labute approximate surface area is 97.8 Å². The van der Waals surface area contributed by atoms with Crippen molar-refractivity contribution in [1.29, 1.82) is 0 Å². The Bertz CT molecular complexity index is 595. The molecule has 0 saturated carbocycles. The molecule has 90 valence electrons. The Morgan fingerprint density at radius 3 is 2.94 bits per heavy atom. The fraction of sp³-hybridized carbons (Fsp3) is 0.455. The van der Waals surface area contributed by atoms with Gasteiger partial charge in [0.2, 0.25) is 0 Å². The van der Waals surface area contributed by atoms with Crippen LogP contribution in [-0.2, 0) is 7.05 Å². The number of aryl methyl sites for hydroxylation is 1. The van der Waals surface area contributed by atoms with E-state index in [0.717, 1.165) is 37.5 Å². The number of rotatable bonds is 1. The Hall–Kier alpha value is -1.82. The summed E-state index contributed by atoms with van der Waals surface area (Å²) in [5.41, 5.74) is 1.38. The molecule has 17 heavy (non-hydrogen) atoms. The van der Waals surface area contributed by atoms with E-state index in [4.69, 9.17) is 4.42 Å². The van der Waals surface area contributed by atoms with Crippen LogP contribution in [0.15, 0.2) is 21.5 Å². The molecule has 3 heterocycles. The zero-order valence-electron chi connectivity index (χ0n) is 9.64. The predicted octanol–water partition coefficient (Wildman–Crippen LogP) is -0.0639.